The molecule has 1 fully saturated rings. The molecule has 1 amide bonds. The standard InChI is InChI=1S/C65H109NO8/c1-3-5-7-9-11-13-15-16-17-18-19-20-21-22-23-24-25-26-27-28-29-30-31-32-33-34-35-36-37-38-39-40-41-42-43-44-45-47-49-51-53-55-61(69)66-58(57-73-65-64(72)63(71)62(70)60(56-67)74-65)59(68)54-52-50-48-46-14-12-10-8-6-4-2/h5,7,11,13,16-17,19-20,22-23,25-26,28-29,31-32,34-35,52,54,58-60,62-65,67-68,70-72H,3-4,6,8-10,12,14-15,18,21,24,27,30,33,36-51,53,55-57H2,1-2H3,(H,66,69)/b7-5-,13-11-,17-16-,20-19-,23-22-,26-25-,29-28-,32-31-,35-34-,54-52+. The Balaban J connectivity index is 2.08. The van der Waals surface area contributed by atoms with Gasteiger partial charge in [-0.3, -0.25) is 4.79 Å². The highest BCUT2D eigenvalue weighted by Crippen LogP contribution is 2.23. The van der Waals surface area contributed by atoms with Crippen molar-refractivity contribution < 1.29 is 39.8 Å². The fourth-order valence-electron chi connectivity index (χ4n) is 8.62. The van der Waals surface area contributed by atoms with Crippen LogP contribution in [0.4, 0.5) is 0 Å². The third-order valence-corrected chi connectivity index (χ3v) is 13.3. The SMILES string of the molecule is CC/C=C\C/C=C\C/C=C\C/C=C\C/C=C\C/C=C\C/C=C\C/C=C\C/C=C\CCCCCCCCCCCCCCCC(=O)NC(COC1OC(CO)C(O)C(O)C1O)C(O)/C=C/CCCCCCCCCC. The first-order valence-corrected chi connectivity index (χ1v) is 29.8. The Labute approximate surface area is 452 Å². The number of aliphatic hydroxyl groups is 5. The number of amides is 1. The first-order valence-electron chi connectivity index (χ1n) is 29.8. The van der Waals surface area contributed by atoms with Gasteiger partial charge in [0.1, 0.15) is 24.4 Å². The van der Waals surface area contributed by atoms with Gasteiger partial charge in [-0.1, -0.05) is 251 Å². The molecular weight excluding hydrogens is 923 g/mol. The highest BCUT2D eigenvalue weighted by atomic mass is 16.7. The molecule has 9 heteroatoms. The second-order valence-electron chi connectivity index (χ2n) is 20.1. The highest BCUT2D eigenvalue weighted by Gasteiger charge is 2.44. The molecule has 6 N–H and O–H groups in total. The van der Waals surface area contributed by atoms with Crippen LogP contribution in [0.3, 0.4) is 0 Å². The van der Waals surface area contributed by atoms with Gasteiger partial charge in [-0.2, -0.15) is 0 Å². The predicted molar refractivity (Wildman–Crippen MR) is 313 cm³/mol. The Morgan fingerprint density at radius 2 is 0.838 bits per heavy atom. The molecule has 0 radical (unpaired) electrons. The van der Waals surface area contributed by atoms with Crippen molar-refractivity contribution in [3.63, 3.8) is 0 Å². The molecule has 1 heterocycles. The van der Waals surface area contributed by atoms with Crippen molar-refractivity contribution in [1.29, 1.82) is 0 Å². The van der Waals surface area contributed by atoms with Gasteiger partial charge >= 0.3 is 0 Å². The van der Waals surface area contributed by atoms with E-state index in [4.69, 9.17) is 9.47 Å². The van der Waals surface area contributed by atoms with E-state index in [1.807, 2.05) is 6.08 Å². The molecule has 0 aromatic heterocycles. The minimum atomic E-state index is -1.57. The van der Waals surface area contributed by atoms with Gasteiger partial charge in [0.05, 0.1) is 25.4 Å². The number of hydrogen-bond acceptors (Lipinski definition) is 8. The molecule has 74 heavy (non-hydrogen) atoms. The van der Waals surface area contributed by atoms with E-state index in [1.54, 1.807) is 6.08 Å². The van der Waals surface area contributed by atoms with Crippen LogP contribution in [-0.2, 0) is 14.3 Å². The van der Waals surface area contributed by atoms with Crippen molar-refractivity contribution in [3.8, 4) is 0 Å². The Morgan fingerprint density at radius 1 is 0.473 bits per heavy atom. The van der Waals surface area contributed by atoms with Gasteiger partial charge in [0.25, 0.3) is 0 Å². The second kappa shape index (κ2) is 53.0. The molecule has 1 aliphatic heterocycles. The number of aliphatic hydroxyl groups excluding tert-OH is 5. The first kappa shape index (κ1) is 68.6. The Kier molecular flexibility index (Phi) is 49.1. The summed E-state index contributed by atoms with van der Waals surface area (Å²) in [7, 11) is 0. The Morgan fingerprint density at radius 3 is 1.24 bits per heavy atom. The Hall–Kier alpha value is -3.41. The zero-order valence-electron chi connectivity index (χ0n) is 46.8. The maximum absolute atomic E-state index is 13.0. The van der Waals surface area contributed by atoms with Crippen molar-refractivity contribution in [3.05, 3.63) is 122 Å². The van der Waals surface area contributed by atoms with Crippen LogP contribution in [0, 0.1) is 0 Å². The van der Waals surface area contributed by atoms with Crippen molar-refractivity contribution in [1.82, 2.24) is 5.32 Å². The maximum atomic E-state index is 13.0. The minimum Gasteiger partial charge on any atom is -0.394 e. The van der Waals surface area contributed by atoms with Crippen LogP contribution in [0.15, 0.2) is 122 Å². The lowest BCUT2D eigenvalue weighted by Crippen LogP contribution is -2.60. The smallest absolute Gasteiger partial charge is 0.220 e. The topological polar surface area (TPSA) is 149 Å². The number of carbonyl (C=O) groups is 1. The van der Waals surface area contributed by atoms with E-state index in [0.717, 1.165) is 96.3 Å². The van der Waals surface area contributed by atoms with E-state index >= 15 is 0 Å². The molecule has 0 spiro atoms. The number of ether oxygens (including phenoxy) is 2. The summed E-state index contributed by atoms with van der Waals surface area (Å²) in [4.78, 5) is 13.0. The van der Waals surface area contributed by atoms with E-state index in [1.165, 1.54) is 109 Å². The molecule has 0 saturated carbocycles. The van der Waals surface area contributed by atoms with E-state index in [-0.39, 0.29) is 12.5 Å². The largest absolute Gasteiger partial charge is 0.394 e. The van der Waals surface area contributed by atoms with Gasteiger partial charge in [-0.25, -0.2) is 0 Å². The van der Waals surface area contributed by atoms with Crippen LogP contribution in [0.5, 0.6) is 0 Å². The van der Waals surface area contributed by atoms with Crippen LogP contribution in [-0.4, -0.2) is 87.5 Å². The molecule has 0 bridgehead atoms. The summed E-state index contributed by atoms with van der Waals surface area (Å²) in [5.41, 5.74) is 0. The fraction of sp³-hybridized carbons (Fsp3) is 0.677. The van der Waals surface area contributed by atoms with Crippen LogP contribution in [0.1, 0.15) is 226 Å². The van der Waals surface area contributed by atoms with E-state index < -0.39 is 49.5 Å². The predicted octanol–water partition coefficient (Wildman–Crippen LogP) is 15.1. The molecule has 7 atom stereocenters. The average Bonchev–Trinajstić information content (AvgIpc) is 3.40. The van der Waals surface area contributed by atoms with Crippen molar-refractivity contribution in [2.75, 3.05) is 13.2 Å². The molecule has 1 saturated heterocycles. The molecule has 0 aromatic carbocycles. The van der Waals surface area contributed by atoms with Crippen molar-refractivity contribution in [2.24, 2.45) is 0 Å². The molecule has 0 aliphatic carbocycles. The van der Waals surface area contributed by atoms with E-state index in [9.17, 15) is 30.3 Å². The minimum absolute atomic E-state index is 0.185. The zero-order chi connectivity index (χ0) is 53.6. The van der Waals surface area contributed by atoms with Crippen molar-refractivity contribution >= 4 is 5.91 Å². The van der Waals surface area contributed by atoms with Gasteiger partial charge in [-0.15, -0.1) is 0 Å². The van der Waals surface area contributed by atoms with Gasteiger partial charge in [0.15, 0.2) is 6.29 Å². The molecule has 0 aromatic rings. The molecule has 1 rings (SSSR count). The summed E-state index contributed by atoms with van der Waals surface area (Å²) in [6.45, 7) is 3.63. The second-order valence-corrected chi connectivity index (χ2v) is 20.1. The number of nitrogens with one attached hydrogen (secondary N) is 1. The lowest BCUT2D eigenvalue weighted by atomic mass is 9.99. The van der Waals surface area contributed by atoms with Gasteiger partial charge in [0.2, 0.25) is 5.91 Å². The summed E-state index contributed by atoms with van der Waals surface area (Å²) in [5, 5.41) is 54.3. The van der Waals surface area contributed by atoms with Crippen LogP contribution in [0.2, 0.25) is 0 Å². The quantitative estimate of drug-likeness (QED) is 0.0261. The summed E-state index contributed by atoms with van der Waals surface area (Å²) in [6, 6.07) is -0.810. The van der Waals surface area contributed by atoms with Crippen LogP contribution in [0.25, 0.3) is 0 Å². The summed E-state index contributed by atoms with van der Waals surface area (Å²) < 4.78 is 11.2. The maximum Gasteiger partial charge on any atom is 0.220 e. The normalized spacial score (nSPS) is 19.9. The number of rotatable bonds is 49. The van der Waals surface area contributed by atoms with Crippen LogP contribution < -0.4 is 5.32 Å². The Bertz CT molecular complexity index is 1570. The molecule has 1 aliphatic rings. The lowest BCUT2D eigenvalue weighted by Gasteiger charge is -2.40. The summed E-state index contributed by atoms with van der Waals surface area (Å²) in [5.74, 6) is -0.185. The first-order chi connectivity index (χ1) is 36.3. The van der Waals surface area contributed by atoms with Gasteiger partial charge < -0.3 is 40.3 Å². The highest BCUT2D eigenvalue weighted by molar-refractivity contribution is 5.76. The van der Waals surface area contributed by atoms with Gasteiger partial charge in [-0.05, 0) is 89.9 Å². The molecule has 7 unspecified atom stereocenters. The number of allylic oxidation sites excluding steroid dienone is 19. The summed E-state index contributed by atoms with van der Waals surface area (Å²) in [6.07, 6.45) is 72.9. The molecular formula is C65H109NO8. The van der Waals surface area contributed by atoms with Crippen molar-refractivity contribution in [2.45, 2.75) is 269 Å². The zero-order valence-corrected chi connectivity index (χ0v) is 46.8. The number of hydrogen-bond donors (Lipinski definition) is 6. The van der Waals surface area contributed by atoms with Crippen LogP contribution >= 0.6 is 0 Å². The fourth-order valence-corrected chi connectivity index (χ4v) is 8.62. The average molecular weight is 1030 g/mol. The number of unbranched alkanes of at least 4 members (excludes halogenated alkanes) is 21. The number of carbonyl (C=O) groups excluding carboxylic acids is 1. The van der Waals surface area contributed by atoms with E-state index in [2.05, 4.69) is 129 Å². The lowest BCUT2D eigenvalue weighted by molar-refractivity contribution is -0.302. The monoisotopic (exact) mass is 1030 g/mol. The molecule has 422 valence electrons. The third kappa shape index (κ3) is 41.8. The van der Waals surface area contributed by atoms with E-state index in [0.29, 0.717) is 6.42 Å². The third-order valence-electron chi connectivity index (χ3n) is 13.3. The van der Waals surface area contributed by atoms with Gasteiger partial charge in [0, 0.05) is 6.42 Å². The molecule has 9 nitrogen and oxygen atoms in total. The summed E-state index contributed by atoms with van der Waals surface area (Å²) >= 11 is 0.